The van der Waals surface area contributed by atoms with Crippen LogP contribution in [-0.4, -0.2) is 27.8 Å². The molecule has 4 heteroatoms. The minimum absolute atomic E-state index is 0.127. The molecular formula is C15H15NO3. The third-order valence-corrected chi connectivity index (χ3v) is 2.85. The minimum atomic E-state index is -1.75. The highest BCUT2D eigenvalue weighted by Gasteiger charge is 2.28. The normalized spacial score (nSPS) is 26.5. The molecule has 0 aromatic heterocycles. The van der Waals surface area contributed by atoms with Gasteiger partial charge in [-0.1, -0.05) is 42.5 Å². The van der Waals surface area contributed by atoms with Gasteiger partial charge < -0.3 is 10.2 Å². The van der Waals surface area contributed by atoms with E-state index in [2.05, 4.69) is 0 Å². The van der Waals surface area contributed by atoms with Crippen molar-refractivity contribution in [1.82, 2.24) is 0 Å². The number of aliphatic hydroxyl groups excluding tert-OH is 1. The Kier molecular flexibility index (Phi) is 3.76. The van der Waals surface area contributed by atoms with Crippen LogP contribution in [0.3, 0.4) is 0 Å². The third kappa shape index (κ3) is 3.26. The molecule has 1 aromatic carbocycles. The van der Waals surface area contributed by atoms with Crippen LogP contribution in [0.4, 0.5) is 0 Å². The SMILES string of the molecule is NC1(O)C=CC(C=CC(=O)c2ccccc2)=CC1O. The van der Waals surface area contributed by atoms with E-state index in [0.29, 0.717) is 11.1 Å². The fourth-order valence-electron chi connectivity index (χ4n) is 1.68. The average molecular weight is 257 g/mol. The van der Waals surface area contributed by atoms with Crippen LogP contribution in [0.2, 0.25) is 0 Å². The highest BCUT2D eigenvalue weighted by Crippen LogP contribution is 2.17. The summed E-state index contributed by atoms with van der Waals surface area (Å²) in [6, 6.07) is 8.88. The second-order valence-electron chi connectivity index (χ2n) is 4.40. The summed E-state index contributed by atoms with van der Waals surface area (Å²) in [5, 5.41) is 19.1. The summed E-state index contributed by atoms with van der Waals surface area (Å²) in [7, 11) is 0. The van der Waals surface area contributed by atoms with Gasteiger partial charge in [0.25, 0.3) is 0 Å². The van der Waals surface area contributed by atoms with Crippen molar-refractivity contribution in [3.05, 3.63) is 71.8 Å². The highest BCUT2D eigenvalue weighted by atomic mass is 16.4. The second-order valence-corrected chi connectivity index (χ2v) is 4.40. The first kappa shape index (κ1) is 13.4. The Bertz CT molecular complexity index is 556. The Morgan fingerprint density at radius 3 is 2.63 bits per heavy atom. The molecule has 1 aliphatic rings. The van der Waals surface area contributed by atoms with E-state index >= 15 is 0 Å². The molecule has 2 unspecified atom stereocenters. The number of hydrogen-bond acceptors (Lipinski definition) is 4. The largest absolute Gasteiger partial charge is 0.384 e. The lowest BCUT2D eigenvalue weighted by Crippen LogP contribution is -2.49. The number of allylic oxidation sites excluding steroid dienone is 4. The van der Waals surface area contributed by atoms with E-state index in [9.17, 15) is 15.0 Å². The van der Waals surface area contributed by atoms with Crippen LogP contribution >= 0.6 is 0 Å². The maximum absolute atomic E-state index is 11.8. The number of benzene rings is 1. The van der Waals surface area contributed by atoms with Crippen molar-refractivity contribution in [1.29, 1.82) is 0 Å². The van der Waals surface area contributed by atoms with Gasteiger partial charge in [-0.05, 0) is 23.8 Å². The predicted molar refractivity (Wildman–Crippen MR) is 72.3 cm³/mol. The zero-order valence-corrected chi connectivity index (χ0v) is 10.2. The molecule has 19 heavy (non-hydrogen) atoms. The van der Waals surface area contributed by atoms with Crippen LogP contribution < -0.4 is 5.73 Å². The van der Waals surface area contributed by atoms with Gasteiger partial charge >= 0.3 is 0 Å². The number of carbonyl (C=O) groups is 1. The molecule has 4 N–H and O–H groups in total. The Labute approximate surface area is 111 Å². The first-order valence-electron chi connectivity index (χ1n) is 5.87. The number of hydrogen-bond donors (Lipinski definition) is 3. The lowest BCUT2D eigenvalue weighted by molar-refractivity contribution is -0.0107. The van der Waals surface area contributed by atoms with Crippen molar-refractivity contribution in [2.45, 2.75) is 11.8 Å². The summed E-state index contributed by atoms with van der Waals surface area (Å²) < 4.78 is 0. The summed E-state index contributed by atoms with van der Waals surface area (Å²) in [6.07, 6.45) is 6.05. The minimum Gasteiger partial charge on any atom is -0.384 e. The zero-order valence-electron chi connectivity index (χ0n) is 10.2. The summed E-state index contributed by atoms with van der Waals surface area (Å²) in [6.45, 7) is 0. The maximum Gasteiger partial charge on any atom is 0.185 e. The van der Waals surface area contributed by atoms with Crippen molar-refractivity contribution < 1.29 is 15.0 Å². The van der Waals surface area contributed by atoms with Crippen LogP contribution in [0.15, 0.2) is 66.3 Å². The van der Waals surface area contributed by atoms with Crippen LogP contribution in [0.1, 0.15) is 10.4 Å². The summed E-state index contributed by atoms with van der Waals surface area (Å²) in [5.74, 6) is -0.127. The van der Waals surface area contributed by atoms with E-state index in [0.717, 1.165) is 0 Å². The van der Waals surface area contributed by atoms with Crippen LogP contribution in [-0.2, 0) is 0 Å². The van der Waals surface area contributed by atoms with Crippen LogP contribution in [0.5, 0.6) is 0 Å². The molecule has 0 fully saturated rings. The Hall–Kier alpha value is -2.01. The van der Waals surface area contributed by atoms with Crippen LogP contribution in [0, 0.1) is 0 Å². The lowest BCUT2D eigenvalue weighted by atomic mass is 9.97. The van der Waals surface area contributed by atoms with Gasteiger partial charge in [-0.25, -0.2) is 0 Å². The fourth-order valence-corrected chi connectivity index (χ4v) is 1.68. The van der Waals surface area contributed by atoms with E-state index in [-0.39, 0.29) is 5.78 Å². The van der Waals surface area contributed by atoms with E-state index in [1.165, 1.54) is 18.2 Å². The molecule has 0 spiro atoms. The quantitative estimate of drug-likeness (QED) is 0.427. The summed E-state index contributed by atoms with van der Waals surface area (Å²) in [5.41, 5.74) is 4.87. The third-order valence-electron chi connectivity index (χ3n) is 2.85. The van der Waals surface area contributed by atoms with Crippen molar-refractivity contribution >= 4 is 5.78 Å². The molecule has 0 radical (unpaired) electrons. The van der Waals surface area contributed by atoms with Crippen molar-refractivity contribution in [2.24, 2.45) is 5.73 Å². The molecule has 0 heterocycles. The fraction of sp³-hybridized carbons (Fsp3) is 0.133. The van der Waals surface area contributed by atoms with Gasteiger partial charge in [0, 0.05) is 5.56 Å². The van der Waals surface area contributed by atoms with Gasteiger partial charge in [0.05, 0.1) is 0 Å². The van der Waals surface area contributed by atoms with Gasteiger partial charge in [0.1, 0.15) is 6.10 Å². The topological polar surface area (TPSA) is 83.5 Å². The highest BCUT2D eigenvalue weighted by molar-refractivity contribution is 6.04. The smallest absolute Gasteiger partial charge is 0.185 e. The van der Waals surface area contributed by atoms with E-state index in [1.54, 1.807) is 36.4 Å². The number of nitrogens with two attached hydrogens (primary N) is 1. The molecule has 0 bridgehead atoms. The van der Waals surface area contributed by atoms with Crippen molar-refractivity contribution in [2.75, 3.05) is 0 Å². The van der Waals surface area contributed by atoms with Gasteiger partial charge in [0.15, 0.2) is 11.5 Å². The molecule has 4 nitrogen and oxygen atoms in total. The number of carbonyl (C=O) groups excluding carboxylic acids is 1. The molecule has 0 amide bonds. The van der Waals surface area contributed by atoms with Crippen LogP contribution in [0.25, 0.3) is 0 Å². The molecule has 1 aromatic rings. The number of rotatable bonds is 3. The molecule has 2 rings (SSSR count). The van der Waals surface area contributed by atoms with Gasteiger partial charge in [-0.15, -0.1) is 0 Å². The summed E-state index contributed by atoms with van der Waals surface area (Å²) in [4.78, 5) is 11.8. The first-order chi connectivity index (χ1) is 8.99. The van der Waals surface area contributed by atoms with E-state index in [1.807, 2.05) is 6.07 Å². The first-order valence-corrected chi connectivity index (χ1v) is 5.87. The number of ketones is 1. The average Bonchev–Trinajstić information content (AvgIpc) is 2.41. The molecule has 98 valence electrons. The molecular weight excluding hydrogens is 242 g/mol. The maximum atomic E-state index is 11.8. The van der Waals surface area contributed by atoms with Crippen molar-refractivity contribution in [3.8, 4) is 0 Å². The van der Waals surface area contributed by atoms with Gasteiger partial charge in [-0.2, -0.15) is 0 Å². The Morgan fingerprint density at radius 1 is 1.32 bits per heavy atom. The predicted octanol–water partition coefficient (Wildman–Crippen LogP) is 0.930. The molecule has 0 saturated carbocycles. The Morgan fingerprint density at radius 2 is 2.00 bits per heavy atom. The van der Waals surface area contributed by atoms with Crippen molar-refractivity contribution in [3.63, 3.8) is 0 Å². The van der Waals surface area contributed by atoms with Gasteiger partial charge in [0.2, 0.25) is 0 Å². The zero-order chi connectivity index (χ0) is 13.9. The molecule has 2 atom stereocenters. The summed E-state index contributed by atoms with van der Waals surface area (Å²) >= 11 is 0. The second kappa shape index (κ2) is 5.32. The monoisotopic (exact) mass is 257 g/mol. The standard InChI is InChI=1S/C15H15NO3/c16-15(19)9-8-11(10-14(15)18)6-7-13(17)12-4-2-1-3-5-12/h1-10,14,18-19H,16H2. The number of aliphatic hydroxyl groups is 2. The lowest BCUT2D eigenvalue weighted by Gasteiger charge is -2.26. The molecule has 0 saturated heterocycles. The van der Waals surface area contributed by atoms with Gasteiger partial charge in [-0.3, -0.25) is 10.5 Å². The Balaban J connectivity index is 2.09. The molecule has 1 aliphatic carbocycles. The van der Waals surface area contributed by atoms with E-state index < -0.39 is 11.8 Å². The molecule has 0 aliphatic heterocycles. The van der Waals surface area contributed by atoms with E-state index in [4.69, 9.17) is 5.73 Å².